The average molecular weight is 229 g/mol. The lowest BCUT2D eigenvalue weighted by molar-refractivity contribution is -0.118. The number of nitrogens with zero attached hydrogens (tertiary/aromatic N) is 1. The monoisotopic (exact) mass is 229 g/mol. The summed E-state index contributed by atoms with van der Waals surface area (Å²) in [6.45, 7) is 5.89. The fourth-order valence-electron chi connectivity index (χ4n) is 1.85. The molecule has 0 radical (unpaired) electrons. The van der Waals surface area contributed by atoms with Gasteiger partial charge in [0.1, 0.15) is 5.78 Å². The van der Waals surface area contributed by atoms with Crippen LogP contribution < -0.4 is 0 Å². The van der Waals surface area contributed by atoms with E-state index in [0.29, 0.717) is 13.0 Å². The predicted octanol–water partition coefficient (Wildman–Crippen LogP) is 0.829. The second-order valence-corrected chi connectivity index (χ2v) is 4.49. The molecular formula is C12H23NO3. The van der Waals surface area contributed by atoms with E-state index in [2.05, 4.69) is 4.90 Å². The fraction of sp³-hybridized carbons (Fsp3) is 0.917. The van der Waals surface area contributed by atoms with E-state index in [-0.39, 0.29) is 11.9 Å². The Kier molecular flexibility index (Phi) is 6.61. The van der Waals surface area contributed by atoms with Gasteiger partial charge in [0.15, 0.2) is 0 Å². The lowest BCUT2D eigenvalue weighted by Gasteiger charge is -2.29. The standard InChI is InChI=1S/C12H23NO3/c1-11(14)5-10-16-9-2-6-13-7-3-12(15)4-8-13/h12,15H,2-10H2,1H3. The number of ketones is 1. The Labute approximate surface area is 97.6 Å². The lowest BCUT2D eigenvalue weighted by Crippen LogP contribution is -2.36. The van der Waals surface area contributed by atoms with Gasteiger partial charge >= 0.3 is 0 Å². The van der Waals surface area contributed by atoms with Gasteiger partial charge in [0, 0.05) is 32.7 Å². The molecule has 1 heterocycles. The van der Waals surface area contributed by atoms with Crippen LogP contribution in [0.2, 0.25) is 0 Å². The molecule has 94 valence electrons. The number of Topliss-reactive ketones (excluding diaryl/α,β-unsaturated/α-hetero) is 1. The summed E-state index contributed by atoms with van der Waals surface area (Å²) in [5.74, 6) is 0.185. The highest BCUT2D eigenvalue weighted by Crippen LogP contribution is 2.09. The number of aliphatic hydroxyl groups is 1. The molecule has 16 heavy (non-hydrogen) atoms. The number of likely N-dealkylation sites (tertiary alicyclic amines) is 1. The molecule has 1 fully saturated rings. The van der Waals surface area contributed by atoms with Crippen molar-refractivity contribution < 1.29 is 14.6 Å². The summed E-state index contributed by atoms with van der Waals surface area (Å²) < 4.78 is 5.36. The van der Waals surface area contributed by atoms with Crippen LogP contribution in [0.3, 0.4) is 0 Å². The highest BCUT2D eigenvalue weighted by molar-refractivity contribution is 5.75. The number of hydrogen-bond donors (Lipinski definition) is 1. The minimum atomic E-state index is -0.0944. The molecule has 4 heteroatoms. The van der Waals surface area contributed by atoms with E-state index in [1.165, 1.54) is 0 Å². The third kappa shape index (κ3) is 6.20. The quantitative estimate of drug-likeness (QED) is 0.657. The van der Waals surface area contributed by atoms with Crippen LogP contribution in [0, 0.1) is 0 Å². The van der Waals surface area contributed by atoms with Crippen molar-refractivity contribution >= 4 is 5.78 Å². The Balaban J connectivity index is 1.89. The van der Waals surface area contributed by atoms with Crippen LogP contribution in [0.1, 0.15) is 32.6 Å². The van der Waals surface area contributed by atoms with Gasteiger partial charge in [-0.15, -0.1) is 0 Å². The van der Waals surface area contributed by atoms with Crippen molar-refractivity contribution in [2.24, 2.45) is 0 Å². The Morgan fingerprint density at radius 3 is 2.69 bits per heavy atom. The van der Waals surface area contributed by atoms with Crippen molar-refractivity contribution in [3.05, 3.63) is 0 Å². The first-order valence-electron chi connectivity index (χ1n) is 6.16. The first kappa shape index (κ1) is 13.6. The number of carbonyl (C=O) groups excluding carboxylic acids is 1. The molecule has 0 aromatic carbocycles. The summed E-state index contributed by atoms with van der Waals surface area (Å²) in [5, 5.41) is 9.34. The minimum absolute atomic E-state index is 0.0944. The largest absolute Gasteiger partial charge is 0.393 e. The number of rotatable bonds is 7. The summed E-state index contributed by atoms with van der Waals surface area (Å²) in [6, 6.07) is 0. The summed E-state index contributed by atoms with van der Waals surface area (Å²) >= 11 is 0. The van der Waals surface area contributed by atoms with Crippen molar-refractivity contribution in [3.63, 3.8) is 0 Å². The van der Waals surface area contributed by atoms with Crippen LogP contribution in [0.15, 0.2) is 0 Å². The van der Waals surface area contributed by atoms with E-state index in [0.717, 1.165) is 45.5 Å². The molecule has 0 aromatic rings. The zero-order valence-electron chi connectivity index (χ0n) is 10.2. The molecule has 0 amide bonds. The second-order valence-electron chi connectivity index (χ2n) is 4.49. The average Bonchev–Trinajstić information content (AvgIpc) is 2.25. The van der Waals surface area contributed by atoms with E-state index in [9.17, 15) is 9.90 Å². The van der Waals surface area contributed by atoms with E-state index in [1.54, 1.807) is 6.92 Å². The number of hydrogen-bond acceptors (Lipinski definition) is 4. The van der Waals surface area contributed by atoms with Gasteiger partial charge in [-0.25, -0.2) is 0 Å². The molecule has 0 atom stereocenters. The third-order valence-corrected chi connectivity index (χ3v) is 2.92. The highest BCUT2D eigenvalue weighted by Gasteiger charge is 2.15. The van der Waals surface area contributed by atoms with Gasteiger partial charge in [0.2, 0.25) is 0 Å². The first-order chi connectivity index (χ1) is 7.68. The number of aliphatic hydroxyl groups excluding tert-OH is 1. The lowest BCUT2D eigenvalue weighted by atomic mass is 10.1. The molecule has 0 saturated carbocycles. The van der Waals surface area contributed by atoms with Crippen molar-refractivity contribution in [2.75, 3.05) is 32.8 Å². The maximum absolute atomic E-state index is 10.6. The van der Waals surface area contributed by atoms with Crippen LogP contribution >= 0.6 is 0 Å². The van der Waals surface area contributed by atoms with Crippen LogP contribution in [0.4, 0.5) is 0 Å². The zero-order chi connectivity index (χ0) is 11.8. The third-order valence-electron chi connectivity index (χ3n) is 2.92. The van der Waals surface area contributed by atoms with E-state index >= 15 is 0 Å². The summed E-state index contributed by atoms with van der Waals surface area (Å²) in [6.07, 6.45) is 3.23. The van der Waals surface area contributed by atoms with Gasteiger partial charge in [-0.1, -0.05) is 0 Å². The molecule has 4 nitrogen and oxygen atoms in total. The molecule has 0 spiro atoms. The summed E-state index contributed by atoms with van der Waals surface area (Å²) in [5.41, 5.74) is 0. The normalized spacial score (nSPS) is 18.9. The summed E-state index contributed by atoms with van der Waals surface area (Å²) in [7, 11) is 0. The number of piperidine rings is 1. The SMILES string of the molecule is CC(=O)CCOCCCN1CCC(O)CC1. The highest BCUT2D eigenvalue weighted by atomic mass is 16.5. The van der Waals surface area contributed by atoms with Gasteiger partial charge in [-0.2, -0.15) is 0 Å². The molecular weight excluding hydrogens is 206 g/mol. The summed E-state index contributed by atoms with van der Waals surface area (Å²) in [4.78, 5) is 13.0. The van der Waals surface area contributed by atoms with Gasteiger partial charge in [0.25, 0.3) is 0 Å². The molecule has 0 aromatic heterocycles. The Morgan fingerprint density at radius 2 is 2.06 bits per heavy atom. The maximum Gasteiger partial charge on any atom is 0.132 e. The number of ether oxygens (including phenoxy) is 1. The second kappa shape index (κ2) is 7.76. The molecule has 0 unspecified atom stereocenters. The fourth-order valence-corrected chi connectivity index (χ4v) is 1.85. The van der Waals surface area contributed by atoms with Crippen molar-refractivity contribution in [1.29, 1.82) is 0 Å². The molecule has 0 bridgehead atoms. The van der Waals surface area contributed by atoms with Crippen LogP contribution in [-0.4, -0.2) is 54.7 Å². The van der Waals surface area contributed by atoms with Crippen molar-refractivity contribution in [2.45, 2.75) is 38.7 Å². The van der Waals surface area contributed by atoms with Crippen LogP contribution in [0.5, 0.6) is 0 Å². The van der Waals surface area contributed by atoms with Crippen molar-refractivity contribution in [3.8, 4) is 0 Å². The molecule has 1 rings (SSSR count). The van der Waals surface area contributed by atoms with Gasteiger partial charge in [-0.05, 0) is 26.2 Å². The smallest absolute Gasteiger partial charge is 0.132 e. The van der Waals surface area contributed by atoms with Gasteiger partial charge < -0.3 is 14.7 Å². The predicted molar refractivity (Wildman–Crippen MR) is 62.4 cm³/mol. The molecule has 0 aliphatic carbocycles. The molecule has 1 saturated heterocycles. The molecule has 1 aliphatic heterocycles. The Morgan fingerprint density at radius 1 is 1.38 bits per heavy atom. The maximum atomic E-state index is 10.6. The topological polar surface area (TPSA) is 49.8 Å². The van der Waals surface area contributed by atoms with Crippen LogP contribution in [-0.2, 0) is 9.53 Å². The van der Waals surface area contributed by atoms with E-state index < -0.39 is 0 Å². The zero-order valence-corrected chi connectivity index (χ0v) is 10.2. The van der Waals surface area contributed by atoms with E-state index in [1.807, 2.05) is 0 Å². The van der Waals surface area contributed by atoms with Gasteiger partial charge in [0.05, 0.1) is 12.7 Å². The molecule has 1 N–H and O–H groups in total. The van der Waals surface area contributed by atoms with Crippen LogP contribution in [0.25, 0.3) is 0 Å². The first-order valence-corrected chi connectivity index (χ1v) is 6.16. The molecule has 1 aliphatic rings. The number of carbonyl (C=O) groups is 1. The Bertz CT molecular complexity index is 200. The Hall–Kier alpha value is -0.450. The van der Waals surface area contributed by atoms with E-state index in [4.69, 9.17) is 4.74 Å². The van der Waals surface area contributed by atoms with Crippen molar-refractivity contribution in [1.82, 2.24) is 4.90 Å². The van der Waals surface area contributed by atoms with Gasteiger partial charge in [-0.3, -0.25) is 4.79 Å². The minimum Gasteiger partial charge on any atom is -0.393 e.